The van der Waals surface area contributed by atoms with Gasteiger partial charge in [0.25, 0.3) is 0 Å². The Morgan fingerprint density at radius 2 is 1.70 bits per heavy atom. The summed E-state index contributed by atoms with van der Waals surface area (Å²) >= 11 is 0. The van der Waals surface area contributed by atoms with E-state index >= 15 is 0 Å². The van der Waals surface area contributed by atoms with Crippen molar-refractivity contribution < 1.29 is 0 Å². The number of aryl methyl sites for hydroxylation is 1. The number of hydrogen-bond acceptors (Lipinski definition) is 3. The van der Waals surface area contributed by atoms with Gasteiger partial charge in [-0.05, 0) is 19.1 Å². The highest BCUT2D eigenvalue weighted by Gasteiger charge is 2.14. The summed E-state index contributed by atoms with van der Waals surface area (Å²) in [5.41, 5.74) is 10.8. The molecule has 2 aromatic carbocycles. The molecule has 1 aromatic heterocycles. The fraction of sp³-hybridized carbons (Fsp3) is 0.125. The van der Waals surface area contributed by atoms with Crippen LogP contribution in [0.15, 0.2) is 54.6 Å². The lowest BCUT2D eigenvalue weighted by Gasteiger charge is -2.08. The summed E-state index contributed by atoms with van der Waals surface area (Å²) in [4.78, 5) is 0. The molecule has 3 rings (SSSR count). The Morgan fingerprint density at radius 1 is 1.00 bits per heavy atom. The summed E-state index contributed by atoms with van der Waals surface area (Å²) < 4.78 is 1.84. The lowest BCUT2D eigenvalue weighted by Crippen LogP contribution is -2.02. The van der Waals surface area contributed by atoms with Crippen LogP contribution in [-0.4, -0.2) is 15.0 Å². The van der Waals surface area contributed by atoms with Crippen molar-refractivity contribution in [3.63, 3.8) is 0 Å². The number of benzene rings is 2. The van der Waals surface area contributed by atoms with Crippen molar-refractivity contribution in [2.75, 3.05) is 0 Å². The van der Waals surface area contributed by atoms with Crippen LogP contribution in [-0.2, 0) is 6.54 Å². The summed E-state index contributed by atoms with van der Waals surface area (Å²) in [5, 5.41) is 8.44. The number of rotatable bonds is 3. The predicted molar refractivity (Wildman–Crippen MR) is 79.4 cm³/mol. The molecule has 100 valence electrons. The first-order valence-corrected chi connectivity index (χ1v) is 6.56. The molecule has 0 spiro atoms. The van der Waals surface area contributed by atoms with Crippen molar-refractivity contribution in [3.8, 4) is 16.9 Å². The van der Waals surface area contributed by atoms with Crippen molar-refractivity contribution in [1.29, 1.82) is 0 Å². The van der Waals surface area contributed by atoms with Crippen LogP contribution in [0.2, 0.25) is 0 Å². The highest BCUT2D eigenvalue weighted by Crippen LogP contribution is 2.25. The van der Waals surface area contributed by atoms with Gasteiger partial charge in [0.2, 0.25) is 0 Å². The van der Waals surface area contributed by atoms with Crippen LogP contribution >= 0.6 is 0 Å². The standard InChI is InChI=1S/C16H16N4/c1-12-7-9-13(10-8-12)16-15(11-17)18-19-20(16)14-5-3-2-4-6-14/h2-10H,11,17H2,1H3. The lowest BCUT2D eigenvalue weighted by atomic mass is 10.1. The molecule has 1 heterocycles. The molecule has 0 saturated heterocycles. The SMILES string of the molecule is Cc1ccc(-c2c(CN)nnn2-c2ccccc2)cc1. The van der Waals surface area contributed by atoms with E-state index in [1.807, 2.05) is 35.0 Å². The van der Waals surface area contributed by atoms with Crippen molar-refractivity contribution in [1.82, 2.24) is 15.0 Å². The topological polar surface area (TPSA) is 56.7 Å². The van der Waals surface area contributed by atoms with E-state index in [4.69, 9.17) is 5.73 Å². The van der Waals surface area contributed by atoms with E-state index in [0.29, 0.717) is 6.54 Å². The maximum Gasteiger partial charge on any atom is 0.105 e. The zero-order chi connectivity index (χ0) is 13.9. The zero-order valence-electron chi connectivity index (χ0n) is 11.3. The van der Waals surface area contributed by atoms with Crippen molar-refractivity contribution in [2.45, 2.75) is 13.5 Å². The van der Waals surface area contributed by atoms with E-state index < -0.39 is 0 Å². The van der Waals surface area contributed by atoms with Gasteiger partial charge >= 0.3 is 0 Å². The fourth-order valence-electron chi connectivity index (χ4n) is 2.20. The zero-order valence-corrected chi connectivity index (χ0v) is 11.3. The molecule has 4 nitrogen and oxygen atoms in total. The van der Waals surface area contributed by atoms with E-state index in [9.17, 15) is 0 Å². The summed E-state index contributed by atoms with van der Waals surface area (Å²) in [6.45, 7) is 2.44. The Labute approximate surface area is 117 Å². The van der Waals surface area contributed by atoms with E-state index in [1.54, 1.807) is 0 Å². The summed E-state index contributed by atoms with van der Waals surface area (Å²) in [5.74, 6) is 0. The summed E-state index contributed by atoms with van der Waals surface area (Å²) in [6.07, 6.45) is 0. The molecule has 0 fully saturated rings. The first kappa shape index (κ1) is 12.6. The molecule has 0 aliphatic heterocycles. The number of hydrogen-bond donors (Lipinski definition) is 1. The Bertz CT molecular complexity index is 699. The number of aromatic nitrogens is 3. The van der Waals surface area contributed by atoms with Crippen molar-refractivity contribution in [2.24, 2.45) is 5.73 Å². The van der Waals surface area contributed by atoms with Gasteiger partial charge in [-0.15, -0.1) is 5.10 Å². The minimum atomic E-state index is 0.371. The van der Waals surface area contributed by atoms with Crippen LogP contribution in [0.1, 0.15) is 11.3 Å². The first-order valence-electron chi connectivity index (χ1n) is 6.56. The van der Waals surface area contributed by atoms with Gasteiger partial charge in [-0.3, -0.25) is 0 Å². The number of nitrogens with zero attached hydrogens (tertiary/aromatic N) is 3. The largest absolute Gasteiger partial charge is 0.325 e. The Balaban J connectivity index is 2.18. The molecule has 20 heavy (non-hydrogen) atoms. The quantitative estimate of drug-likeness (QED) is 0.791. The summed E-state index contributed by atoms with van der Waals surface area (Å²) in [6, 6.07) is 18.3. The molecule has 0 aliphatic carbocycles. The van der Waals surface area contributed by atoms with Crippen LogP contribution in [0.25, 0.3) is 16.9 Å². The number of nitrogens with two attached hydrogens (primary N) is 1. The molecular formula is C16H16N4. The van der Waals surface area contributed by atoms with Gasteiger partial charge in [-0.2, -0.15) is 0 Å². The van der Waals surface area contributed by atoms with Crippen LogP contribution in [0.4, 0.5) is 0 Å². The van der Waals surface area contributed by atoms with E-state index in [1.165, 1.54) is 5.56 Å². The molecule has 0 bridgehead atoms. The molecule has 2 N–H and O–H groups in total. The average molecular weight is 264 g/mol. The maximum atomic E-state index is 5.79. The Morgan fingerprint density at radius 3 is 2.35 bits per heavy atom. The van der Waals surface area contributed by atoms with E-state index in [0.717, 1.165) is 22.6 Å². The van der Waals surface area contributed by atoms with Gasteiger partial charge in [0.1, 0.15) is 5.69 Å². The fourth-order valence-corrected chi connectivity index (χ4v) is 2.20. The molecule has 0 unspecified atom stereocenters. The molecule has 0 saturated carbocycles. The highest BCUT2D eigenvalue weighted by atomic mass is 15.4. The van der Waals surface area contributed by atoms with E-state index in [-0.39, 0.29) is 0 Å². The third-order valence-corrected chi connectivity index (χ3v) is 3.26. The molecule has 0 amide bonds. The van der Waals surface area contributed by atoms with Gasteiger partial charge in [-0.25, -0.2) is 4.68 Å². The second-order valence-electron chi connectivity index (χ2n) is 4.70. The van der Waals surface area contributed by atoms with Gasteiger partial charge in [-0.1, -0.05) is 53.2 Å². The third kappa shape index (κ3) is 2.21. The van der Waals surface area contributed by atoms with Gasteiger partial charge < -0.3 is 5.73 Å². The summed E-state index contributed by atoms with van der Waals surface area (Å²) in [7, 11) is 0. The van der Waals surface area contributed by atoms with Crippen molar-refractivity contribution >= 4 is 0 Å². The second-order valence-corrected chi connectivity index (χ2v) is 4.70. The third-order valence-electron chi connectivity index (χ3n) is 3.26. The average Bonchev–Trinajstić information content (AvgIpc) is 2.93. The first-order chi connectivity index (χ1) is 9.79. The predicted octanol–water partition coefficient (Wildman–Crippen LogP) is 2.70. The molecule has 3 aromatic rings. The Hall–Kier alpha value is -2.46. The van der Waals surface area contributed by atoms with Gasteiger partial charge in [0.15, 0.2) is 0 Å². The molecule has 0 atom stereocenters. The maximum absolute atomic E-state index is 5.79. The smallest absolute Gasteiger partial charge is 0.105 e. The van der Waals surface area contributed by atoms with Gasteiger partial charge in [0.05, 0.1) is 11.4 Å². The molecule has 0 aliphatic rings. The molecule has 0 radical (unpaired) electrons. The molecule has 4 heteroatoms. The van der Waals surface area contributed by atoms with Crippen LogP contribution < -0.4 is 5.73 Å². The number of para-hydroxylation sites is 1. The minimum absolute atomic E-state index is 0.371. The van der Waals surface area contributed by atoms with E-state index in [2.05, 4.69) is 41.5 Å². The minimum Gasteiger partial charge on any atom is -0.325 e. The normalized spacial score (nSPS) is 10.7. The second kappa shape index (κ2) is 5.27. The molecular weight excluding hydrogens is 248 g/mol. The highest BCUT2D eigenvalue weighted by molar-refractivity contribution is 5.64. The van der Waals surface area contributed by atoms with Crippen LogP contribution in [0.5, 0.6) is 0 Å². The Kier molecular flexibility index (Phi) is 3.31. The van der Waals surface area contributed by atoms with Crippen LogP contribution in [0, 0.1) is 6.92 Å². The lowest BCUT2D eigenvalue weighted by molar-refractivity contribution is 0.800. The van der Waals surface area contributed by atoms with Crippen LogP contribution in [0.3, 0.4) is 0 Å². The van der Waals surface area contributed by atoms with Crippen molar-refractivity contribution in [3.05, 3.63) is 65.9 Å². The monoisotopic (exact) mass is 264 g/mol. The van der Waals surface area contributed by atoms with Gasteiger partial charge in [0, 0.05) is 12.1 Å².